The topological polar surface area (TPSA) is 22.8 Å². The summed E-state index contributed by atoms with van der Waals surface area (Å²) in [6, 6.07) is 6.62. The van der Waals surface area contributed by atoms with Gasteiger partial charge in [0.1, 0.15) is 0 Å². The second-order valence-electron chi connectivity index (χ2n) is 7.92. The van der Waals surface area contributed by atoms with Gasteiger partial charge in [-0.05, 0) is 44.7 Å². The van der Waals surface area contributed by atoms with E-state index < -0.39 is 0 Å². The fourth-order valence-electron chi connectivity index (χ4n) is 3.72. The average molecular weight is 299 g/mol. The third-order valence-electron chi connectivity index (χ3n) is 4.94. The number of nitrogens with zero attached hydrogens (tertiary/aromatic N) is 3. The molecule has 0 bridgehead atoms. The summed E-state index contributed by atoms with van der Waals surface area (Å²) in [7, 11) is 0. The lowest BCUT2D eigenvalue weighted by atomic mass is 9.92. The van der Waals surface area contributed by atoms with Gasteiger partial charge in [0.05, 0.1) is 0 Å². The van der Waals surface area contributed by atoms with E-state index in [4.69, 9.17) is 5.10 Å². The Morgan fingerprint density at radius 2 is 1.68 bits per heavy atom. The number of rotatable bonds is 3. The Labute approximate surface area is 134 Å². The highest BCUT2D eigenvalue weighted by Gasteiger charge is 2.25. The van der Waals surface area contributed by atoms with E-state index in [1.165, 1.54) is 42.8 Å². The first-order valence-corrected chi connectivity index (χ1v) is 8.60. The van der Waals surface area contributed by atoms with Gasteiger partial charge in [0.15, 0.2) is 5.82 Å². The Morgan fingerprint density at radius 3 is 2.23 bits per heavy atom. The zero-order valence-electron chi connectivity index (χ0n) is 14.7. The van der Waals surface area contributed by atoms with Gasteiger partial charge in [-0.3, -0.25) is 4.68 Å². The molecule has 0 atom stereocenters. The molecule has 1 aliphatic rings. The smallest absolute Gasteiger partial charge is 0.159 e. The molecule has 0 aliphatic heterocycles. The van der Waals surface area contributed by atoms with Gasteiger partial charge in [0, 0.05) is 35.1 Å². The standard InChI is InChI=1S/C19H29N3/c1-14-10-11-15(2)22(14)18-12-17(19(3,4)5)21(20-18)13-16-8-6-7-9-16/h10-12,16H,6-9,13H2,1-5H3. The van der Waals surface area contributed by atoms with Gasteiger partial charge in [-0.25, -0.2) is 0 Å². The highest BCUT2D eigenvalue weighted by atomic mass is 15.3. The molecular weight excluding hydrogens is 270 g/mol. The maximum Gasteiger partial charge on any atom is 0.159 e. The summed E-state index contributed by atoms with van der Waals surface area (Å²) in [4.78, 5) is 0. The summed E-state index contributed by atoms with van der Waals surface area (Å²) in [5.41, 5.74) is 3.98. The molecule has 2 aromatic rings. The summed E-state index contributed by atoms with van der Waals surface area (Å²) < 4.78 is 4.55. The SMILES string of the molecule is Cc1ccc(C)n1-c1cc(C(C)(C)C)n(CC2CCCC2)n1. The van der Waals surface area contributed by atoms with Crippen LogP contribution >= 0.6 is 0 Å². The normalized spacial score (nSPS) is 16.6. The van der Waals surface area contributed by atoms with Gasteiger partial charge in [-0.15, -0.1) is 0 Å². The van der Waals surface area contributed by atoms with Gasteiger partial charge in [0.25, 0.3) is 0 Å². The quantitative estimate of drug-likeness (QED) is 0.800. The van der Waals surface area contributed by atoms with E-state index in [1.54, 1.807) is 0 Å². The minimum absolute atomic E-state index is 0.124. The molecule has 22 heavy (non-hydrogen) atoms. The first kappa shape index (κ1) is 15.4. The van der Waals surface area contributed by atoms with Crippen LogP contribution in [0.2, 0.25) is 0 Å². The van der Waals surface area contributed by atoms with Crippen molar-refractivity contribution in [3.05, 3.63) is 35.3 Å². The van der Waals surface area contributed by atoms with Gasteiger partial charge < -0.3 is 4.57 Å². The summed E-state index contributed by atoms with van der Waals surface area (Å²) >= 11 is 0. The molecule has 3 nitrogen and oxygen atoms in total. The van der Waals surface area contributed by atoms with Crippen molar-refractivity contribution in [3.63, 3.8) is 0 Å². The van der Waals surface area contributed by atoms with Crippen molar-refractivity contribution in [2.45, 2.75) is 72.3 Å². The molecule has 0 saturated heterocycles. The lowest BCUT2D eigenvalue weighted by molar-refractivity contribution is 0.394. The van der Waals surface area contributed by atoms with Crippen LogP contribution in [0.25, 0.3) is 5.82 Å². The van der Waals surface area contributed by atoms with E-state index in [-0.39, 0.29) is 5.41 Å². The third kappa shape index (κ3) is 2.86. The molecule has 3 heteroatoms. The molecule has 0 N–H and O–H groups in total. The van der Waals surface area contributed by atoms with Crippen LogP contribution in [0.4, 0.5) is 0 Å². The molecule has 2 heterocycles. The molecule has 120 valence electrons. The van der Waals surface area contributed by atoms with Gasteiger partial charge in [-0.2, -0.15) is 5.10 Å². The molecule has 3 rings (SSSR count). The van der Waals surface area contributed by atoms with Gasteiger partial charge >= 0.3 is 0 Å². The molecular formula is C19H29N3. The minimum atomic E-state index is 0.124. The van der Waals surface area contributed by atoms with Crippen molar-refractivity contribution in [1.29, 1.82) is 0 Å². The summed E-state index contributed by atoms with van der Waals surface area (Å²) in [5, 5.41) is 4.98. The van der Waals surface area contributed by atoms with Gasteiger partial charge in [-0.1, -0.05) is 33.6 Å². The van der Waals surface area contributed by atoms with Crippen molar-refractivity contribution in [3.8, 4) is 5.82 Å². The van der Waals surface area contributed by atoms with Crippen LogP contribution in [-0.4, -0.2) is 14.3 Å². The summed E-state index contributed by atoms with van der Waals surface area (Å²) in [6.07, 6.45) is 5.50. The van der Waals surface area contributed by atoms with Crippen LogP contribution in [0, 0.1) is 19.8 Å². The summed E-state index contributed by atoms with van der Waals surface area (Å²) in [6.45, 7) is 12.2. The van der Waals surface area contributed by atoms with E-state index >= 15 is 0 Å². The first-order chi connectivity index (χ1) is 10.4. The van der Waals surface area contributed by atoms with E-state index in [0.29, 0.717) is 0 Å². The fourth-order valence-corrected chi connectivity index (χ4v) is 3.72. The number of aryl methyl sites for hydroxylation is 2. The van der Waals surface area contributed by atoms with Gasteiger partial charge in [0.2, 0.25) is 0 Å². The fraction of sp³-hybridized carbons (Fsp3) is 0.632. The van der Waals surface area contributed by atoms with Crippen LogP contribution in [0.5, 0.6) is 0 Å². The Morgan fingerprint density at radius 1 is 1.09 bits per heavy atom. The molecule has 1 saturated carbocycles. The number of aromatic nitrogens is 3. The van der Waals surface area contributed by atoms with E-state index in [0.717, 1.165) is 18.3 Å². The maximum absolute atomic E-state index is 4.98. The molecule has 2 aromatic heterocycles. The van der Waals surface area contributed by atoms with Crippen molar-refractivity contribution in [2.24, 2.45) is 5.92 Å². The van der Waals surface area contributed by atoms with Crippen molar-refractivity contribution >= 4 is 0 Å². The Balaban J connectivity index is 2.01. The average Bonchev–Trinajstić information content (AvgIpc) is 3.11. The minimum Gasteiger partial charge on any atom is -0.302 e. The Hall–Kier alpha value is -1.51. The van der Waals surface area contributed by atoms with Crippen molar-refractivity contribution in [1.82, 2.24) is 14.3 Å². The number of hydrogen-bond donors (Lipinski definition) is 0. The van der Waals surface area contributed by atoms with Crippen LogP contribution < -0.4 is 0 Å². The van der Waals surface area contributed by atoms with E-state index in [9.17, 15) is 0 Å². The largest absolute Gasteiger partial charge is 0.302 e. The third-order valence-corrected chi connectivity index (χ3v) is 4.94. The van der Waals surface area contributed by atoms with Crippen molar-refractivity contribution in [2.75, 3.05) is 0 Å². The summed E-state index contributed by atoms with van der Waals surface area (Å²) in [5.74, 6) is 1.88. The molecule has 0 radical (unpaired) electrons. The molecule has 0 amide bonds. The highest BCUT2D eigenvalue weighted by Crippen LogP contribution is 2.30. The first-order valence-electron chi connectivity index (χ1n) is 8.60. The second-order valence-corrected chi connectivity index (χ2v) is 7.92. The van der Waals surface area contributed by atoms with Crippen LogP contribution in [0.15, 0.2) is 18.2 Å². The molecule has 0 unspecified atom stereocenters. The van der Waals surface area contributed by atoms with Crippen LogP contribution in [-0.2, 0) is 12.0 Å². The second kappa shape index (κ2) is 5.60. The molecule has 1 aliphatic carbocycles. The maximum atomic E-state index is 4.98. The lowest BCUT2D eigenvalue weighted by Crippen LogP contribution is -2.20. The highest BCUT2D eigenvalue weighted by molar-refractivity contribution is 5.34. The van der Waals surface area contributed by atoms with Crippen molar-refractivity contribution < 1.29 is 0 Å². The van der Waals surface area contributed by atoms with Crippen LogP contribution in [0.3, 0.4) is 0 Å². The lowest BCUT2D eigenvalue weighted by Gasteiger charge is -2.21. The van der Waals surface area contributed by atoms with Crippen LogP contribution in [0.1, 0.15) is 63.5 Å². The predicted octanol–water partition coefficient (Wildman–Crippen LogP) is 4.78. The molecule has 0 aromatic carbocycles. The zero-order valence-corrected chi connectivity index (χ0v) is 14.7. The van der Waals surface area contributed by atoms with E-state index in [2.05, 4.69) is 62.1 Å². The Kier molecular flexibility index (Phi) is 3.92. The number of hydrogen-bond acceptors (Lipinski definition) is 1. The van der Waals surface area contributed by atoms with E-state index in [1.807, 2.05) is 0 Å². The monoisotopic (exact) mass is 299 g/mol. The predicted molar refractivity (Wildman–Crippen MR) is 91.7 cm³/mol. The molecule has 1 fully saturated rings. The zero-order chi connectivity index (χ0) is 15.9. The Bertz CT molecular complexity index is 629. The molecule has 0 spiro atoms.